The topological polar surface area (TPSA) is 40.5 Å². The number of likely N-dealkylation sites (tertiary alicyclic amines) is 1. The number of amides is 1. The summed E-state index contributed by atoms with van der Waals surface area (Å²) in [6.07, 6.45) is 8.89. The Labute approximate surface area is 104 Å². The zero-order valence-corrected chi connectivity index (χ0v) is 10.7. The predicted molar refractivity (Wildman–Crippen MR) is 67.6 cm³/mol. The summed E-state index contributed by atoms with van der Waals surface area (Å²) in [4.78, 5) is 14.1. The number of piperidine rings is 1. The lowest BCUT2D eigenvalue weighted by molar-refractivity contribution is -0.134. The fraction of sp³-hybridized carbons (Fsp3) is 0.929. The lowest BCUT2D eigenvalue weighted by Crippen LogP contribution is -2.44. The second-order valence-electron chi connectivity index (χ2n) is 5.61. The Hall–Kier alpha value is -0.570. The van der Waals surface area contributed by atoms with E-state index in [1.54, 1.807) is 0 Å². The Balaban J connectivity index is 1.76. The quantitative estimate of drug-likeness (QED) is 0.764. The Morgan fingerprint density at radius 2 is 1.88 bits per heavy atom. The van der Waals surface area contributed by atoms with Gasteiger partial charge < -0.3 is 10.0 Å². The molecule has 0 spiro atoms. The van der Waals surface area contributed by atoms with Crippen molar-refractivity contribution in [3.8, 4) is 0 Å². The molecule has 1 N–H and O–H groups in total. The third kappa shape index (κ3) is 3.44. The van der Waals surface area contributed by atoms with Gasteiger partial charge in [0.2, 0.25) is 5.91 Å². The Morgan fingerprint density at radius 3 is 2.65 bits per heavy atom. The fourth-order valence-corrected chi connectivity index (χ4v) is 3.37. The smallest absolute Gasteiger partial charge is 0.222 e. The molecule has 1 aliphatic heterocycles. The van der Waals surface area contributed by atoms with E-state index in [0.717, 1.165) is 37.8 Å². The van der Waals surface area contributed by atoms with Gasteiger partial charge in [0.1, 0.15) is 0 Å². The van der Waals surface area contributed by atoms with Crippen LogP contribution in [-0.2, 0) is 4.79 Å². The van der Waals surface area contributed by atoms with Gasteiger partial charge in [-0.05, 0) is 37.5 Å². The normalized spacial score (nSPS) is 28.9. The summed E-state index contributed by atoms with van der Waals surface area (Å²) in [5.41, 5.74) is 0. The van der Waals surface area contributed by atoms with Crippen LogP contribution >= 0.6 is 0 Å². The minimum Gasteiger partial charge on any atom is -0.396 e. The number of aliphatic hydroxyl groups excluding tert-OH is 1. The average molecular weight is 239 g/mol. The SMILES string of the molecule is O=C(CCCCO)N1CCC2CCCCC2C1. The van der Waals surface area contributed by atoms with Crippen molar-refractivity contribution in [1.29, 1.82) is 0 Å². The number of carbonyl (C=O) groups is 1. The highest BCUT2D eigenvalue weighted by molar-refractivity contribution is 5.76. The molecule has 0 aromatic heterocycles. The van der Waals surface area contributed by atoms with E-state index in [9.17, 15) is 4.79 Å². The molecule has 1 heterocycles. The van der Waals surface area contributed by atoms with E-state index in [-0.39, 0.29) is 6.61 Å². The van der Waals surface area contributed by atoms with Gasteiger partial charge in [0.25, 0.3) is 0 Å². The number of hydrogen-bond acceptors (Lipinski definition) is 2. The Kier molecular flexibility index (Phi) is 4.84. The third-order valence-corrected chi connectivity index (χ3v) is 4.44. The standard InChI is InChI=1S/C14H25NO2/c16-10-4-3-7-14(17)15-9-8-12-5-1-2-6-13(12)11-15/h12-13,16H,1-11H2. The van der Waals surface area contributed by atoms with Crippen molar-refractivity contribution in [3.63, 3.8) is 0 Å². The second-order valence-corrected chi connectivity index (χ2v) is 5.61. The second kappa shape index (κ2) is 6.39. The first-order chi connectivity index (χ1) is 8.31. The first-order valence-corrected chi connectivity index (χ1v) is 7.20. The molecule has 3 heteroatoms. The van der Waals surface area contributed by atoms with Crippen molar-refractivity contribution < 1.29 is 9.90 Å². The largest absolute Gasteiger partial charge is 0.396 e. The average Bonchev–Trinajstić information content (AvgIpc) is 2.38. The highest BCUT2D eigenvalue weighted by atomic mass is 16.3. The van der Waals surface area contributed by atoms with Gasteiger partial charge in [0.05, 0.1) is 0 Å². The van der Waals surface area contributed by atoms with Crippen LogP contribution in [0.3, 0.4) is 0 Å². The molecular formula is C14H25NO2. The summed E-state index contributed by atoms with van der Waals surface area (Å²) in [7, 11) is 0. The Bertz CT molecular complexity index is 255. The summed E-state index contributed by atoms with van der Waals surface area (Å²) in [5.74, 6) is 1.98. The van der Waals surface area contributed by atoms with E-state index >= 15 is 0 Å². The van der Waals surface area contributed by atoms with Crippen LogP contribution in [0.2, 0.25) is 0 Å². The van der Waals surface area contributed by atoms with Crippen molar-refractivity contribution in [2.75, 3.05) is 19.7 Å². The van der Waals surface area contributed by atoms with Gasteiger partial charge in [-0.15, -0.1) is 0 Å². The van der Waals surface area contributed by atoms with Gasteiger partial charge in [0, 0.05) is 26.1 Å². The maximum atomic E-state index is 12.0. The molecule has 17 heavy (non-hydrogen) atoms. The molecule has 2 rings (SSSR count). The van der Waals surface area contributed by atoms with Crippen LogP contribution in [-0.4, -0.2) is 35.6 Å². The van der Waals surface area contributed by atoms with E-state index in [1.165, 1.54) is 32.1 Å². The molecule has 0 bridgehead atoms. The summed E-state index contributed by atoms with van der Waals surface area (Å²) in [6.45, 7) is 2.18. The van der Waals surface area contributed by atoms with Gasteiger partial charge in [0.15, 0.2) is 0 Å². The Morgan fingerprint density at radius 1 is 1.12 bits per heavy atom. The van der Waals surface area contributed by atoms with Crippen LogP contribution in [0.5, 0.6) is 0 Å². The number of unbranched alkanes of at least 4 members (excludes halogenated alkanes) is 1. The van der Waals surface area contributed by atoms with E-state index in [2.05, 4.69) is 4.90 Å². The maximum Gasteiger partial charge on any atom is 0.222 e. The highest BCUT2D eigenvalue weighted by Crippen LogP contribution is 2.36. The fourth-order valence-electron chi connectivity index (χ4n) is 3.37. The molecule has 0 aromatic rings. The predicted octanol–water partition coefficient (Wildman–Crippen LogP) is 2.19. The minimum absolute atomic E-state index is 0.206. The summed E-state index contributed by atoms with van der Waals surface area (Å²) < 4.78 is 0. The molecule has 98 valence electrons. The van der Waals surface area contributed by atoms with E-state index < -0.39 is 0 Å². The van der Waals surface area contributed by atoms with E-state index in [0.29, 0.717) is 12.3 Å². The number of fused-ring (bicyclic) bond motifs is 1. The van der Waals surface area contributed by atoms with Gasteiger partial charge in [-0.3, -0.25) is 4.79 Å². The molecular weight excluding hydrogens is 214 g/mol. The van der Waals surface area contributed by atoms with Gasteiger partial charge in [-0.25, -0.2) is 0 Å². The number of carbonyl (C=O) groups excluding carboxylic acids is 1. The molecule has 1 amide bonds. The van der Waals surface area contributed by atoms with Crippen LogP contribution in [0.15, 0.2) is 0 Å². The van der Waals surface area contributed by atoms with Gasteiger partial charge >= 0.3 is 0 Å². The van der Waals surface area contributed by atoms with Crippen LogP contribution in [0.25, 0.3) is 0 Å². The lowest BCUT2D eigenvalue weighted by atomic mass is 9.75. The number of nitrogens with zero attached hydrogens (tertiary/aromatic N) is 1. The minimum atomic E-state index is 0.206. The van der Waals surface area contributed by atoms with E-state index in [1.807, 2.05) is 0 Å². The van der Waals surface area contributed by atoms with Gasteiger partial charge in [-0.2, -0.15) is 0 Å². The number of rotatable bonds is 4. The molecule has 1 saturated carbocycles. The molecule has 2 aliphatic rings. The van der Waals surface area contributed by atoms with Crippen LogP contribution in [0.1, 0.15) is 51.4 Å². The molecule has 1 saturated heterocycles. The molecule has 0 radical (unpaired) electrons. The highest BCUT2D eigenvalue weighted by Gasteiger charge is 2.32. The maximum absolute atomic E-state index is 12.0. The third-order valence-electron chi connectivity index (χ3n) is 4.44. The number of hydrogen-bond donors (Lipinski definition) is 1. The van der Waals surface area contributed by atoms with Crippen molar-refractivity contribution in [3.05, 3.63) is 0 Å². The van der Waals surface area contributed by atoms with Crippen molar-refractivity contribution in [2.24, 2.45) is 11.8 Å². The van der Waals surface area contributed by atoms with Crippen molar-refractivity contribution in [1.82, 2.24) is 4.90 Å². The molecule has 2 fully saturated rings. The first-order valence-electron chi connectivity index (χ1n) is 7.20. The zero-order chi connectivity index (χ0) is 12.1. The molecule has 3 nitrogen and oxygen atoms in total. The molecule has 2 atom stereocenters. The lowest BCUT2D eigenvalue weighted by Gasteiger charge is -2.41. The van der Waals surface area contributed by atoms with Gasteiger partial charge in [-0.1, -0.05) is 19.3 Å². The summed E-state index contributed by atoms with van der Waals surface area (Å²) in [5, 5.41) is 8.72. The molecule has 2 unspecified atom stereocenters. The first kappa shape index (κ1) is 12.9. The van der Waals surface area contributed by atoms with Crippen molar-refractivity contribution >= 4 is 5.91 Å². The van der Waals surface area contributed by atoms with Crippen LogP contribution < -0.4 is 0 Å². The molecule has 0 aromatic carbocycles. The summed E-state index contributed by atoms with van der Waals surface area (Å²) in [6, 6.07) is 0. The zero-order valence-electron chi connectivity index (χ0n) is 10.7. The van der Waals surface area contributed by atoms with Crippen LogP contribution in [0, 0.1) is 11.8 Å². The number of aliphatic hydroxyl groups is 1. The summed E-state index contributed by atoms with van der Waals surface area (Å²) >= 11 is 0. The molecule has 1 aliphatic carbocycles. The van der Waals surface area contributed by atoms with Crippen molar-refractivity contribution in [2.45, 2.75) is 51.4 Å². The van der Waals surface area contributed by atoms with E-state index in [4.69, 9.17) is 5.11 Å². The van der Waals surface area contributed by atoms with Crippen LogP contribution in [0.4, 0.5) is 0 Å². The monoisotopic (exact) mass is 239 g/mol.